The van der Waals surface area contributed by atoms with E-state index in [0.717, 1.165) is 31.4 Å². The largest absolute Gasteiger partial charge is 0.298 e. The maximum atomic E-state index is 13.7. The number of piperidine rings is 1. The van der Waals surface area contributed by atoms with Gasteiger partial charge in [0.2, 0.25) is 10.0 Å². The van der Waals surface area contributed by atoms with Crippen LogP contribution in [0.4, 0.5) is 4.39 Å². The Hall–Kier alpha value is -2.76. The molecule has 11 heteroatoms. The molecule has 2 aromatic carbocycles. The standard InChI is InChI=1S/C21H22FN3O5S2/c22-16-7-8-20-18(14-16)19(9-12-31(20,27)28)23-24-21(26)15-5-4-6-17(13-15)32(29,30)25-10-2-1-3-11-25/h4-9,13-14,23H,1-3,10-12H2,(H,24,26). The number of sulfone groups is 1. The Labute approximate surface area is 186 Å². The number of hydrogen-bond acceptors (Lipinski definition) is 6. The van der Waals surface area contributed by atoms with E-state index in [4.69, 9.17) is 0 Å². The van der Waals surface area contributed by atoms with E-state index in [1.165, 1.54) is 40.7 Å². The van der Waals surface area contributed by atoms with E-state index in [1.54, 1.807) is 0 Å². The van der Waals surface area contributed by atoms with E-state index in [-0.39, 0.29) is 32.4 Å². The topological polar surface area (TPSA) is 113 Å². The second-order valence-corrected chi connectivity index (χ2v) is 11.6. The first kappa shape index (κ1) is 22.4. The Morgan fingerprint density at radius 2 is 1.78 bits per heavy atom. The molecule has 0 atom stereocenters. The molecule has 2 aromatic rings. The lowest BCUT2D eigenvalue weighted by Gasteiger charge is -2.26. The van der Waals surface area contributed by atoms with Crippen molar-refractivity contribution in [1.29, 1.82) is 0 Å². The summed E-state index contributed by atoms with van der Waals surface area (Å²) in [6.07, 6.45) is 3.94. The molecule has 4 rings (SSSR count). The zero-order valence-corrected chi connectivity index (χ0v) is 18.7. The first-order chi connectivity index (χ1) is 15.2. The molecule has 0 unspecified atom stereocenters. The van der Waals surface area contributed by atoms with Crippen molar-refractivity contribution in [2.24, 2.45) is 0 Å². The predicted octanol–water partition coefficient (Wildman–Crippen LogP) is 2.06. The minimum Gasteiger partial charge on any atom is -0.298 e. The fourth-order valence-electron chi connectivity index (χ4n) is 3.74. The van der Waals surface area contributed by atoms with Crippen LogP contribution in [0, 0.1) is 5.82 Å². The van der Waals surface area contributed by atoms with Gasteiger partial charge < -0.3 is 0 Å². The van der Waals surface area contributed by atoms with E-state index in [2.05, 4.69) is 10.9 Å². The lowest BCUT2D eigenvalue weighted by atomic mass is 10.1. The Balaban J connectivity index is 1.52. The highest BCUT2D eigenvalue weighted by Crippen LogP contribution is 2.28. The summed E-state index contributed by atoms with van der Waals surface area (Å²) in [5.74, 6) is -1.53. The molecule has 8 nitrogen and oxygen atoms in total. The molecule has 1 fully saturated rings. The van der Waals surface area contributed by atoms with Crippen LogP contribution in [0.15, 0.2) is 58.3 Å². The normalized spacial score (nSPS) is 18.3. The van der Waals surface area contributed by atoms with Gasteiger partial charge in [0.1, 0.15) is 5.82 Å². The molecule has 2 N–H and O–H groups in total. The summed E-state index contributed by atoms with van der Waals surface area (Å²) in [5, 5.41) is 0. The van der Waals surface area contributed by atoms with Gasteiger partial charge in [-0.25, -0.2) is 21.2 Å². The average molecular weight is 480 g/mol. The van der Waals surface area contributed by atoms with Crippen molar-refractivity contribution in [1.82, 2.24) is 15.2 Å². The number of benzene rings is 2. The summed E-state index contributed by atoms with van der Waals surface area (Å²) in [6.45, 7) is 0.903. The molecule has 1 amide bonds. The van der Waals surface area contributed by atoms with E-state index in [9.17, 15) is 26.0 Å². The second-order valence-electron chi connectivity index (χ2n) is 7.61. The van der Waals surface area contributed by atoms with Gasteiger partial charge in [0.25, 0.3) is 5.91 Å². The molecule has 0 bridgehead atoms. The van der Waals surface area contributed by atoms with Gasteiger partial charge >= 0.3 is 0 Å². The summed E-state index contributed by atoms with van der Waals surface area (Å²) in [5.41, 5.74) is 5.52. The van der Waals surface area contributed by atoms with Crippen LogP contribution in [0.2, 0.25) is 0 Å². The number of hydrazine groups is 1. The van der Waals surface area contributed by atoms with Gasteiger partial charge in [-0.3, -0.25) is 15.6 Å². The van der Waals surface area contributed by atoms with Crippen LogP contribution in [0.1, 0.15) is 35.2 Å². The minimum absolute atomic E-state index is 0.0300. The zero-order chi connectivity index (χ0) is 22.9. The van der Waals surface area contributed by atoms with Gasteiger partial charge in [-0.05, 0) is 55.3 Å². The molecular weight excluding hydrogens is 457 g/mol. The summed E-state index contributed by atoms with van der Waals surface area (Å²) in [6, 6.07) is 9.03. The first-order valence-electron chi connectivity index (χ1n) is 10.1. The lowest BCUT2D eigenvalue weighted by molar-refractivity contribution is 0.0942. The number of nitrogens with one attached hydrogen (secondary N) is 2. The molecule has 0 spiro atoms. The number of rotatable bonds is 5. The van der Waals surface area contributed by atoms with Gasteiger partial charge in [-0.2, -0.15) is 4.31 Å². The fourth-order valence-corrected chi connectivity index (χ4v) is 6.65. The number of halogens is 1. The summed E-state index contributed by atoms with van der Waals surface area (Å²) < 4.78 is 65.3. The van der Waals surface area contributed by atoms with Crippen molar-refractivity contribution in [3.63, 3.8) is 0 Å². The molecular formula is C21H22FN3O5S2. The third-order valence-corrected chi connectivity index (χ3v) is 8.96. The van der Waals surface area contributed by atoms with Gasteiger partial charge in [-0.1, -0.05) is 12.5 Å². The highest BCUT2D eigenvalue weighted by Gasteiger charge is 2.27. The number of carbonyl (C=O) groups excluding carboxylic acids is 1. The quantitative estimate of drug-likeness (QED) is 0.502. The van der Waals surface area contributed by atoms with Crippen molar-refractivity contribution < 1.29 is 26.0 Å². The third kappa shape index (κ3) is 4.41. The van der Waals surface area contributed by atoms with Crippen molar-refractivity contribution >= 4 is 31.5 Å². The van der Waals surface area contributed by atoms with E-state index < -0.39 is 31.6 Å². The maximum absolute atomic E-state index is 13.7. The summed E-state index contributed by atoms with van der Waals surface area (Å²) in [4.78, 5) is 12.6. The highest BCUT2D eigenvalue weighted by atomic mass is 32.2. The van der Waals surface area contributed by atoms with E-state index in [0.29, 0.717) is 13.1 Å². The minimum atomic E-state index is -3.70. The van der Waals surface area contributed by atoms with Gasteiger partial charge in [0.05, 0.1) is 21.2 Å². The number of carbonyl (C=O) groups is 1. The number of nitrogens with zero attached hydrogens (tertiary/aromatic N) is 1. The number of fused-ring (bicyclic) bond motifs is 1. The molecule has 1 saturated heterocycles. The van der Waals surface area contributed by atoms with Crippen molar-refractivity contribution in [3.05, 3.63) is 65.5 Å². The van der Waals surface area contributed by atoms with Crippen LogP contribution < -0.4 is 10.9 Å². The van der Waals surface area contributed by atoms with Gasteiger partial charge in [-0.15, -0.1) is 0 Å². The van der Waals surface area contributed by atoms with Crippen molar-refractivity contribution in [2.75, 3.05) is 18.8 Å². The Morgan fingerprint density at radius 3 is 2.53 bits per heavy atom. The van der Waals surface area contributed by atoms with Crippen LogP contribution >= 0.6 is 0 Å². The number of amides is 1. The van der Waals surface area contributed by atoms with E-state index in [1.807, 2.05) is 0 Å². The zero-order valence-electron chi connectivity index (χ0n) is 17.0. The molecule has 2 heterocycles. The smallest absolute Gasteiger partial charge is 0.269 e. The molecule has 2 aliphatic rings. The van der Waals surface area contributed by atoms with Gasteiger partial charge in [0, 0.05) is 24.2 Å². The van der Waals surface area contributed by atoms with Crippen LogP contribution in [0.25, 0.3) is 5.70 Å². The van der Waals surface area contributed by atoms with Crippen LogP contribution in [-0.2, 0) is 19.9 Å². The van der Waals surface area contributed by atoms with Crippen molar-refractivity contribution in [3.8, 4) is 0 Å². The molecule has 2 aliphatic heterocycles. The summed E-state index contributed by atoms with van der Waals surface area (Å²) >= 11 is 0. The molecule has 0 radical (unpaired) electrons. The number of hydrogen-bond donors (Lipinski definition) is 2. The molecule has 170 valence electrons. The number of sulfonamides is 1. The predicted molar refractivity (Wildman–Crippen MR) is 116 cm³/mol. The molecule has 32 heavy (non-hydrogen) atoms. The third-order valence-electron chi connectivity index (χ3n) is 5.43. The first-order valence-corrected chi connectivity index (χ1v) is 13.2. The van der Waals surface area contributed by atoms with Crippen LogP contribution in [0.3, 0.4) is 0 Å². The summed E-state index contributed by atoms with van der Waals surface area (Å²) in [7, 11) is -7.28. The average Bonchev–Trinajstić information content (AvgIpc) is 2.79. The van der Waals surface area contributed by atoms with Gasteiger partial charge in [0.15, 0.2) is 9.84 Å². The Bertz CT molecular complexity index is 1300. The van der Waals surface area contributed by atoms with Crippen LogP contribution in [-0.4, -0.2) is 45.9 Å². The van der Waals surface area contributed by atoms with Crippen molar-refractivity contribution in [2.45, 2.75) is 29.1 Å². The highest BCUT2D eigenvalue weighted by molar-refractivity contribution is 7.91. The maximum Gasteiger partial charge on any atom is 0.269 e. The monoisotopic (exact) mass is 479 g/mol. The Morgan fingerprint density at radius 1 is 1.03 bits per heavy atom. The SMILES string of the molecule is O=C(NNC1=CCS(=O)(=O)c2ccc(F)cc21)c1cccc(S(=O)(=O)N2CCCCC2)c1. The molecule has 0 aromatic heterocycles. The second kappa shape index (κ2) is 8.64. The van der Waals surface area contributed by atoms with E-state index >= 15 is 0 Å². The fraction of sp³-hybridized carbons (Fsp3) is 0.286. The molecule has 0 aliphatic carbocycles. The Kier molecular flexibility index (Phi) is 6.06. The lowest BCUT2D eigenvalue weighted by Crippen LogP contribution is -2.38. The van der Waals surface area contributed by atoms with Crippen LogP contribution in [0.5, 0.6) is 0 Å². The molecule has 0 saturated carbocycles.